The molecule has 5 nitrogen and oxygen atoms in total. The second-order valence-electron chi connectivity index (χ2n) is 11.9. The zero-order valence-electron chi connectivity index (χ0n) is 23.8. The van der Waals surface area contributed by atoms with Crippen molar-refractivity contribution in [1.29, 1.82) is 0 Å². The average molecular weight is 519 g/mol. The lowest BCUT2D eigenvalue weighted by molar-refractivity contribution is -0.134. The number of rotatable bonds is 12. The van der Waals surface area contributed by atoms with E-state index in [-0.39, 0.29) is 35.3 Å². The largest absolute Gasteiger partial charge is 0.495 e. The number of carbonyl (C=O) groups is 2. The van der Waals surface area contributed by atoms with Gasteiger partial charge in [-0.05, 0) is 80.1 Å². The van der Waals surface area contributed by atoms with Crippen LogP contribution in [0.2, 0.25) is 0 Å². The van der Waals surface area contributed by atoms with Gasteiger partial charge >= 0.3 is 5.97 Å². The number of carboxylic acids is 1. The Bertz CT molecular complexity index is 1140. The predicted molar refractivity (Wildman–Crippen MR) is 155 cm³/mol. The van der Waals surface area contributed by atoms with Gasteiger partial charge in [0.25, 0.3) is 0 Å². The van der Waals surface area contributed by atoms with Crippen LogP contribution in [0, 0.1) is 17.8 Å². The first-order valence-electron chi connectivity index (χ1n) is 14.5. The second-order valence-corrected chi connectivity index (χ2v) is 11.9. The Morgan fingerprint density at radius 1 is 1.21 bits per heavy atom. The molecule has 1 heterocycles. The van der Waals surface area contributed by atoms with Crippen LogP contribution in [0.4, 0.5) is 0 Å². The summed E-state index contributed by atoms with van der Waals surface area (Å²) >= 11 is 0. The number of allylic oxidation sites excluding steroid dienone is 1. The molecule has 2 fully saturated rings. The number of ketones is 1. The lowest BCUT2D eigenvalue weighted by Crippen LogP contribution is -2.55. The van der Waals surface area contributed by atoms with Crippen LogP contribution in [-0.2, 0) is 9.59 Å². The molecule has 1 unspecified atom stereocenters. The van der Waals surface area contributed by atoms with E-state index in [2.05, 4.69) is 28.3 Å². The maximum absolute atomic E-state index is 12.8. The van der Waals surface area contributed by atoms with Gasteiger partial charge in [0.05, 0.1) is 5.50 Å². The van der Waals surface area contributed by atoms with Gasteiger partial charge in [0.2, 0.25) is 0 Å². The molecule has 1 aromatic carbocycles. The average Bonchev–Trinajstić information content (AvgIpc) is 2.78. The van der Waals surface area contributed by atoms with Crippen molar-refractivity contribution in [1.82, 2.24) is 0 Å². The molecular formula is C32H43BO5. The number of carbonyl (C=O) groups excluding carboxylic acids is 1. The zero-order chi connectivity index (χ0) is 27.6. The molecule has 1 N–H and O–H groups in total. The molecule has 3 aliphatic rings. The molecule has 1 atom stereocenters. The molecule has 6 heteroatoms. The number of aliphatic carboxylic acids is 1. The first-order chi connectivity index (χ1) is 18.1. The standard InChI is InChI=1S/C32H43BO5/c1-6-8-15-27(34)26(31(35)36)17-25-20(5)24-16-21(7-2)28(18-29(24)37-30(25)19(3)4)38-32(33,22-11-9-12-22)23-13-10-14-23/h7,16-19,22-23,30H,2,6,8-15,33H2,1,3-5H3,(H,35,36)/b26-17+. The first kappa shape index (κ1) is 28.3. The number of fused-ring (bicyclic) bond motifs is 1. The number of Topliss-reactive ketones (excluding diaryl/α,β-unsaturated/α-hetero) is 1. The number of hydrogen-bond acceptors (Lipinski definition) is 4. The summed E-state index contributed by atoms with van der Waals surface area (Å²) < 4.78 is 13.5. The summed E-state index contributed by atoms with van der Waals surface area (Å²) in [6.45, 7) is 12.1. The summed E-state index contributed by atoms with van der Waals surface area (Å²) in [6.07, 6.45) is 12.1. The van der Waals surface area contributed by atoms with Gasteiger partial charge in [-0.25, -0.2) is 4.79 Å². The van der Waals surface area contributed by atoms with E-state index in [1.54, 1.807) is 6.08 Å². The number of ether oxygens (including phenoxy) is 2. The summed E-state index contributed by atoms with van der Waals surface area (Å²) in [6, 6.07) is 4.05. The fourth-order valence-corrected chi connectivity index (χ4v) is 6.06. The van der Waals surface area contributed by atoms with E-state index in [9.17, 15) is 14.7 Å². The molecular weight excluding hydrogens is 475 g/mol. The highest BCUT2D eigenvalue weighted by atomic mass is 16.5. The molecule has 4 rings (SSSR count). The third-order valence-corrected chi connectivity index (χ3v) is 9.08. The van der Waals surface area contributed by atoms with Gasteiger partial charge in [-0.15, -0.1) is 0 Å². The van der Waals surface area contributed by atoms with Crippen molar-refractivity contribution < 1.29 is 24.2 Å². The smallest absolute Gasteiger partial charge is 0.339 e. The van der Waals surface area contributed by atoms with Crippen molar-refractivity contribution in [3.05, 3.63) is 47.1 Å². The molecule has 2 saturated carbocycles. The molecule has 204 valence electrons. The lowest BCUT2D eigenvalue weighted by Gasteiger charge is -2.51. The van der Waals surface area contributed by atoms with Crippen LogP contribution in [0.3, 0.4) is 0 Å². The Kier molecular flexibility index (Phi) is 8.59. The minimum Gasteiger partial charge on any atom is -0.495 e. The second kappa shape index (κ2) is 11.5. The van der Waals surface area contributed by atoms with Crippen molar-refractivity contribution >= 4 is 31.2 Å². The summed E-state index contributed by atoms with van der Waals surface area (Å²) in [5.74, 6) is 1.22. The highest BCUT2D eigenvalue weighted by molar-refractivity contribution is 6.17. The van der Waals surface area contributed by atoms with Crippen LogP contribution in [0.1, 0.15) is 96.6 Å². The number of benzene rings is 1. The SMILES string of the molecule is BC(Oc1cc2c(cc1C=C)C(C)=C(/C=C(/C(=O)O)C(=O)CCCC)C(C(C)C)O2)(C1CCC1)C1CCC1. The van der Waals surface area contributed by atoms with E-state index >= 15 is 0 Å². The number of hydrogen-bond donors (Lipinski definition) is 1. The van der Waals surface area contributed by atoms with E-state index in [1.807, 2.05) is 32.1 Å². The monoisotopic (exact) mass is 518 g/mol. The zero-order valence-corrected chi connectivity index (χ0v) is 23.8. The Morgan fingerprint density at radius 2 is 1.84 bits per heavy atom. The maximum Gasteiger partial charge on any atom is 0.339 e. The number of unbranched alkanes of at least 4 members (excludes halogenated alkanes) is 1. The van der Waals surface area contributed by atoms with Crippen LogP contribution >= 0.6 is 0 Å². The van der Waals surface area contributed by atoms with Gasteiger partial charge in [0.1, 0.15) is 23.2 Å². The Balaban J connectivity index is 1.77. The molecule has 0 saturated heterocycles. The van der Waals surface area contributed by atoms with Crippen LogP contribution in [0.25, 0.3) is 11.6 Å². The van der Waals surface area contributed by atoms with Crippen LogP contribution in [0.15, 0.2) is 35.9 Å². The summed E-state index contributed by atoms with van der Waals surface area (Å²) in [4.78, 5) is 24.8. The van der Waals surface area contributed by atoms with Crippen LogP contribution in [0.5, 0.6) is 11.5 Å². The fraction of sp³-hybridized carbons (Fsp3) is 0.562. The summed E-state index contributed by atoms with van der Waals surface area (Å²) in [5.41, 5.74) is 3.08. The topological polar surface area (TPSA) is 72.8 Å². The van der Waals surface area contributed by atoms with E-state index in [0.29, 0.717) is 18.3 Å². The lowest BCUT2D eigenvalue weighted by atomic mass is 9.53. The molecule has 1 aromatic rings. The van der Waals surface area contributed by atoms with Crippen molar-refractivity contribution in [2.75, 3.05) is 0 Å². The minimum absolute atomic E-state index is 0.0730. The Labute approximate surface area is 228 Å². The van der Waals surface area contributed by atoms with E-state index in [4.69, 9.17) is 9.47 Å². The molecule has 0 aromatic heterocycles. The molecule has 1 aliphatic heterocycles. The molecule has 0 bridgehead atoms. The minimum atomic E-state index is -1.19. The van der Waals surface area contributed by atoms with Gasteiger partial charge in [-0.1, -0.05) is 52.7 Å². The van der Waals surface area contributed by atoms with Crippen molar-refractivity contribution in [3.8, 4) is 11.5 Å². The molecule has 2 aliphatic carbocycles. The molecule has 38 heavy (non-hydrogen) atoms. The summed E-state index contributed by atoms with van der Waals surface area (Å²) in [5, 5.41) is 9.86. The Morgan fingerprint density at radius 3 is 2.32 bits per heavy atom. The van der Waals surface area contributed by atoms with Gasteiger partial charge in [0.15, 0.2) is 13.6 Å². The van der Waals surface area contributed by atoms with E-state index < -0.39 is 5.97 Å². The van der Waals surface area contributed by atoms with Gasteiger partial charge in [0, 0.05) is 23.6 Å². The predicted octanol–water partition coefficient (Wildman–Crippen LogP) is 6.60. The van der Waals surface area contributed by atoms with Crippen LogP contribution in [-0.4, -0.2) is 36.3 Å². The normalized spacial score (nSPS) is 20.3. The van der Waals surface area contributed by atoms with Crippen molar-refractivity contribution in [3.63, 3.8) is 0 Å². The van der Waals surface area contributed by atoms with E-state index in [0.717, 1.165) is 40.2 Å². The van der Waals surface area contributed by atoms with Gasteiger partial charge in [-0.2, -0.15) is 0 Å². The van der Waals surface area contributed by atoms with Gasteiger partial charge in [-0.3, -0.25) is 4.79 Å². The van der Waals surface area contributed by atoms with Crippen molar-refractivity contribution in [2.45, 2.75) is 97.1 Å². The highest BCUT2D eigenvalue weighted by Gasteiger charge is 2.48. The highest BCUT2D eigenvalue weighted by Crippen LogP contribution is 2.50. The molecule has 0 radical (unpaired) electrons. The third kappa shape index (κ3) is 5.37. The first-order valence-corrected chi connectivity index (χ1v) is 14.5. The number of carboxylic acid groups (broad SMARTS) is 1. The summed E-state index contributed by atoms with van der Waals surface area (Å²) in [7, 11) is 2.29. The molecule has 0 spiro atoms. The van der Waals surface area contributed by atoms with E-state index in [1.165, 1.54) is 38.5 Å². The quantitative estimate of drug-likeness (QED) is 0.146. The molecule has 0 amide bonds. The van der Waals surface area contributed by atoms with Crippen LogP contribution < -0.4 is 9.47 Å². The third-order valence-electron chi connectivity index (χ3n) is 9.08. The van der Waals surface area contributed by atoms with Gasteiger partial charge < -0.3 is 14.6 Å². The maximum atomic E-state index is 12.8. The Hall–Kier alpha value is -2.76. The van der Waals surface area contributed by atoms with Crippen molar-refractivity contribution in [2.24, 2.45) is 17.8 Å². The fourth-order valence-electron chi connectivity index (χ4n) is 6.06.